The molecule has 0 unspecified atom stereocenters. The summed E-state index contributed by atoms with van der Waals surface area (Å²) in [7, 11) is 1.55. The van der Waals surface area contributed by atoms with E-state index in [2.05, 4.69) is 15.8 Å². The first-order chi connectivity index (χ1) is 16.3. The van der Waals surface area contributed by atoms with E-state index in [0.29, 0.717) is 45.7 Å². The van der Waals surface area contributed by atoms with Gasteiger partial charge in [-0.15, -0.1) is 0 Å². The highest BCUT2D eigenvalue weighted by molar-refractivity contribution is 6.40. The number of hydrazone groups is 1. The third-order valence-electron chi connectivity index (χ3n) is 5.14. The fourth-order valence-corrected chi connectivity index (χ4v) is 3.20. The van der Waals surface area contributed by atoms with Gasteiger partial charge >= 0.3 is 11.8 Å². The predicted molar refractivity (Wildman–Crippen MR) is 134 cm³/mol. The van der Waals surface area contributed by atoms with Crippen molar-refractivity contribution < 1.29 is 19.1 Å². The Morgan fingerprint density at radius 3 is 2.41 bits per heavy atom. The number of halogens is 1. The summed E-state index contributed by atoms with van der Waals surface area (Å²) in [6.45, 7) is 5.90. The quantitative estimate of drug-likeness (QED) is 0.283. The fraction of sp³-hybridized carbons (Fsp3) is 0.192. The van der Waals surface area contributed by atoms with Crippen molar-refractivity contribution in [1.29, 1.82) is 0 Å². The van der Waals surface area contributed by atoms with Crippen LogP contribution in [0.25, 0.3) is 0 Å². The number of nitrogens with one attached hydrogen (secondary N) is 2. The lowest BCUT2D eigenvalue weighted by molar-refractivity contribution is -0.136. The van der Waals surface area contributed by atoms with Gasteiger partial charge in [0.1, 0.15) is 6.61 Å². The van der Waals surface area contributed by atoms with Gasteiger partial charge in [0.15, 0.2) is 11.5 Å². The number of hydrogen-bond donors (Lipinski definition) is 2. The monoisotopic (exact) mass is 479 g/mol. The van der Waals surface area contributed by atoms with Crippen LogP contribution in [0.4, 0.5) is 5.69 Å². The van der Waals surface area contributed by atoms with E-state index in [9.17, 15) is 9.59 Å². The molecule has 0 saturated carbocycles. The number of nitrogens with zero attached hydrogens (tertiary/aromatic N) is 1. The normalized spacial score (nSPS) is 11.0. The van der Waals surface area contributed by atoms with Crippen LogP contribution in [0.1, 0.15) is 29.2 Å². The van der Waals surface area contributed by atoms with Crippen molar-refractivity contribution in [3.05, 3.63) is 87.9 Å². The molecule has 0 bridgehead atoms. The number of hydrogen-bond acceptors (Lipinski definition) is 5. The molecule has 0 atom stereocenters. The molecule has 0 heterocycles. The number of methoxy groups -OCH3 is 1. The molecule has 0 aliphatic heterocycles. The maximum atomic E-state index is 12.2. The molecular formula is C26H26ClN3O4. The van der Waals surface area contributed by atoms with Gasteiger partial charge < -0.3 is 14.8 Å². The van der Waals surface area contributed by atoms with Gasteiger partial charge in [-0.1, -0.05) is 47.5 Å². The van der Waals surface area contributed by atoms with E-state index >= 15 is 0 Å². The van der Waals surface area contributed by atoms with E-state index in [1.54, 1.807) is 57.4 Å². The molecule has 8 heteroatoms. The van der Waals surface area contributed by atoms with Gasteiger partial charge in [-0.25, -0.2) is 5.43 Å². The minimum Gasteiger partial charge on any atom is -0.493 e. The van der Waals surface area contributed by atoms with Crippen molar-refractivity contribution in [1.82, 2.24) is 5.43 Å². The summed E-state index contributed by atoms with van der Waals surface area (Å²) in [6.07, 6.45) is 0. The average Bonchev–Trinajstić information content (AvgIpc) is 2.84. The summed E-state index contributed by atoms with van der Waals surface area (Å²) in [6, 6.07) is 18.5. The van der Waals surface area contributed by atoms with Crippen molar-refractivity contribution in [3.8, 4) is 11.5 Å². The number of carbonyl (C=O) groups excluding carboxylic acids is 2. The van der Waals surface area contributed by atoms with E-state index in [4.69, 9.17) is 21.1 Å². The highest BCUT2D eigenvalue weighted by Crippen LogP contribution is 2.29. The second kappa shape index (κ2) is 11.3. The van der Waals surface area contributed by atoms with Crippen LogP contribution in [-0.4, -0.2) is 24.6 Å². The molecule has 0 fully saturated rings. The summed E-state index contributed by atoms with van der Waals surface area (Å²) in [4.78, 5) is 24.4. The number of aryl methyl sites for hydroxylation is 1. The highest BCUT2D eigenvalue weighted by Gasteiger charge is 2.15. The third kappa shape index (κ3) is 6.36. The Kier molecular flexibility index (Phi) is 8.27. The van der Waals surface area contributed by atoms with Crippen molar-refractivity contribution in [2.75, 3.05) is 12.4 Å². The minimum absolute atomic E-state index is 0.403. The average molecular weight is 480 g/mol. The standard InChI is InChI=1S/C26H26ClN3O4/c1-16-8-10-19(11-9-16)15-34-23-13-12-20(14-24(23)33-4)18(3)29-30-26(32)25(31)28-22-7-5-6-21(27)17(22)2/h5-14H,15H2,1-4H3,(H,28,31)(H,30,32)/b29-18+. The van der Waals surface area contributed by atoms with E-state index in [1.165, 1.54) is 5.56 Å². The first-order valence-corrected chi connectivity index (χ1v) is 10.9. The minimum atomic E-state index is -0.899. The Labute approximate surface area is 203 Å². The molecule has 2 N–H and O–H groups in total. The Morgan fingerprint density at radius 2 is 1.71 bits per heavy atom. The zero-order valence-corrected chi connectivity index (χ0v) is 20.2. The number of benzene rings is 3. The van der Waals surface area contributed by atoms with Crippen LogP contribution in [0.2, 0.25) is 5.02 Å². The highest BCUT2D eigenvalue weighted by atomic mass is 35.5. The van der Waals surface area contributed by atoms with Gasteiger partial charge in [-0.2, -0.15) is 5.10 Å². The lowest BCUT2D eigenvalue weighted by Crippen LogP contribution is -2.33. The molecule has 7 nitrogen and oxygen atoms in total. The number of carbonyl (C=O) groups is 2. The molecule has 2 amide bonds. The smallest absolute Gasteiger partial charge is 0.329 e. The Balaban J connectivity index is 1.63. The van der Waals surface area contributed by atoms with Crippen molar-refractivity contribution in [3.63, 3.8) is 0 Å². The van der Waals surface area contributed by atoms with Gasteiger partial charge in [0.2, 0.25) is 0 Å². The molecule has 0 aliphatic rings. The number of ether oxygens (including phenoxy) is 2. The van der Waals surface area contributed by atoms with E-state index in [1.807, 2.05) is 31.2 Å². The zero-order chi connectivity index (χ0) is 24.7. The Hall–Kier alpha value is -3.84. The number of rotatable bonds is 7. The lowest BCUT2D eigenvalue weighted by atomic mass is 10.1. The summed E-state index contributed by atoms with van der Waals surface area (Å²) in [5.74, 6) is -0.636. The second-order valence-electron chi connectivity index (χ2n) is 7.64. The Bertz CT molecular complexity index is 1220. The summed E-state index contributed by atoms with van der Waals surface area (Å²) in [5, 5.41) is 7.06. The SMILES string of the molecule is COc1cc(/C(C)=N/NC(=O)C(=O)Nc2cccc(Cl)c2C)ccc1OCc1ccc(C)cc1. The predicted octanol–water partition coefficient (Wildman–Crippen LogP) is 5.02. The maximum Gasteiger partial charge on any atom is 0.329 e. The molecule has 3 rings (SSSR count). The molecule has 0 aliphatic carbocycles. The molecule has 0 radical (unpaired) electrons. The molecular weight excluding hydrogens is 454 g/mol. The molecule has 3 aromatic rings. The fourth-order valence-electron chi connectivity index (χ4n) is 3.03. The van der Waals surface area contributed by atoms with E-state index in [-0.39, 0.29) is 0 Å². The van der Waals surface area contributed by atoms with Gasteiger partial charge in [0.05, 0.1) is 12.8 Å². The van der Waals surface area contributed by atoms with Gasteiger partial charge in [0, 0.05) is 16.3 Å². The summed E-state index contributed by atoms with van der Waals surface area (Å²) >= 11 is 6.05. The van der Waals surface area contributed by atoms with Crippen LogP contribution in [0.15, 0.2) is 65.8 Å². The third-order valence-corrected chi connectivity index (χ3v) is 5.55. The molecule has 176 valence electrons. The second-order valence-corrected chi connectivity index (χ2v) is 8.05. The maximum absolute atomic E-state index is 12.2. The van der Waals surface area contributed by atoms with Gasteiger partial charge in [-0.3, -0.25) is 9.59 Å². The number of anilines is 1. The van der Waals surface area contributed by atoms with Crippen LogP contribution in [0.5, 0.6) is 11.5 Å². The first kappa shape index (κ1) is 24.8. The van der Waals surface area contributed by atoms with Gasteiger partial charge in [0.25, 0.3) is 0 Å². The van der Waals surface area contributed by atoms with Crippen LogP contribution in [-0.2, 0) is 16.2 Å². The lowest BCUT2D eigenvalue weighted by Gasteiger charge is -2.12. The van der Waals surface area contributed by atoms with Crippen LogP contribution >= 0.6 is 11.6 Å². The Morgan fingerprint density at radius 1 is 0.971 bits per heavy atom. The molecule has 0 spiro atoms. The van der Waals surface area contributed by atoms with Gasteiger partial charge in [-0.05, 0) is 62.2 Å². The van der Waals surface area contributed by atoms with E-state index < -0.39 is 11.8 Å². The van der Waals surface area contributed by atoms with Crippen LogP contribution in [0.3, 0.4) is 0 Å². The van der Waals surface area contributed by atoms with E-state index in [0.717, 1.165) is 5.56 Å². The van der Waals surface area contributed by atoms with Crippen LogP contribution in [0, 0.1) is 13.8 Å². The van der Waals surface area contributed by atoms with Crippen molar-refractivity contribution in [2.24, 2.45) is 5.10 Å². The topological polar surface area (TPSA) is 89.0 Å². The first-order valence-electron chi connectivity index (χ1n) is 10.6. The molecule has 0 aromatic heterocycles. The molecule has 34 heavy (non-hydrogen) atoms. The summed E-state index contributed by atoms with van der Waals surface area (Å²) in [5.41, 5.74) is 6.82. The molecule has 0 saturated heterocycles. The van der Waals surface area contributed by atoms with Crippen LogP contribution < -0.4 is 20.2 Å². The summed E-state index contributed by atoms with van der Waals surface area (Å²) < 4.78 is 11.3. The largest absolute Gasteiger partial charge is 0.493 e. The molecule has 3 aromatic carbocycles. The van der Waals surface area contributed by atoms with Crippen molar-refractivity contribution >= 4 is 34.8 Å². The van der Waals surface area contributed by atoms with Crippen molar-refractivity contribution in [2.45, 2.75) is 27.4 Å². The zero-order valence-electron chi connectivity index (χ0n) is 19.4. The number of amides is 2.